The van der Waals surface area contributed by atoms with Crippen LogP contribution in [0.3, 0.4) is 0 Å². The van der Waals surface area contributed by atoms with Gasteiger partial charge in [0, 0.05) is 23.6 Å². The first-order valence-corrected chi connectivity index (χ1v) is 9.03. The van der Waals surface area contributed by atoms with Crippen molar-refractivity contribution in [2.45, 2.75) is 43.6 Å². The van der Waals surface area contributed by atoms with Gasteiger partial charge in [0.15, 0.2) is 11.5 Å². The first-order chi connectivity index (χ1) is 12.1. The minimum absolute atomic E-state index is 0.0925. The average molecular weight is 342 g/mol. The van der Waals surface area contributed by atoms with E-state index in [0.29, 0.717) is 12.5 Å². The van der Waals surface area contributed by atoms with Gasteiger partial charge in [-0.25, -0.2) is 0 Å². The Bertz CT molecular complexity index is 742. The van der Waals surface area contributed by atoms with Crippen LogP contribution in [-0.4, -0.2) is 44.7 Å². The van der Waals surface area contributed by atoms with E-state index in [9.17, 15) is 4.79 Å². The van der Waals surface area contributed by atoms with E-state index in [-0.39, 0.29) is 11.3 Å². The Balaban J connectivity index is 1.80. The van der Waals surface area contributed by atoms with Gasteiger partial charge in [-0.05, 0) is 62.5 Å². The fourth-order valence-corrected chi connectivity index (χ4v) is 5.10. The van der Waals surface area contributed by atoms with Gasteiger partial charge in [0.2, 0.25) is 5.91 Å². The van der Waals surface area contributed by atoms with Crippen LogP contribution < -0.4 is 14.8 Å². The van der Waals surface area contributed by atoms with E-state index in [2.05, 4.69) is 29.4 Å². The summed E-state index contributed by atoms with van der Waals surface area (Å²) in [4.78, 5) is 14.3. The van der Waals surface area contributed by atoms with E-state index in [0.717, 1.165) is 43.7 Å². The number of carbonyl (C=O) groups is 1. The highest BCUT2D eigenvalue weighted by Crippen LogP contribution is 2.52. The minimum atomic E-state index is 0.0925. The van der Waals surface area contributed by atoms with Gasteiger partial charge < -0.3 is 14.8 Å². The number of methoxy groups -OCH3 is 2. The molecule has 1 aromatic rings. The van der Waals surface area contributed by atoms with Crippen LogP contribution in [0.1, 0.15) is 37.7 Å². The summed E-state index contributed by atoms with van der Waals surface area (Å²) in [5.74, 6) is 1.73. The smallest absolute Gasteiger partial charge is 0.224 e. The van der Waals surface area contributed by atoms with Crippen LogP contribution in [0.25, 0.3) is 0 Å². The molecular formula is C20H26N2O3. The number of likely N-dealkylation sites (tertiary alicyclic amines) is 1. The monoisotopic (exact) mass is 342 g/mol. The fourth-order valence-electron chi connectivity index (χ4n) is 5.10. The van der Waals surface area contributed by atoms with Gasteiger partial charge in [-0.3, -0.25) is 9.69 Å². The number of ether oxygens (including phenoxy) is 2. The minimum Gasteiger partial charge on any atom is -0.493 e. The molecule has 4 rings (SSSR count). The number of carbonyl (C=O) groups excluding carboxylic acids is 1. The van der Waals surface area contributed by atoms with Crippen molar-refractivity contribution in [2.75, 3.05) is 27.8 Å². The standard InChI is InChI=1S/C20H26N2O3/c1-22-11-10-20(13-4-6-16(24-2)17(12-13)25-3)9-8-15-14(19(20)22)5-7-18(23)21-15/h4,6,12,19H,5,7-11H2,1-3H3,(H,21,23)/t19-,20-/m0/s1. The maximum atomic E-state index is 11.8. The molecule has 2 atom stereocenters. The van der Waals surface area contributed by atoms with Crippen LogP contribution in [0.2, 0.25) is 0 Å². The Morgan fingerprint density at radius 3 is 2.68 bits per heavy atom. The second-order valence-corrected chi connectivity index (χ2v) is 7.41. The topological polar surface area (TPSA) is 50.8 Å². The number of benzene rings is 1. The molecule has 3 aliphatic rings. The molecule has 1 saturated heterocycles. The average Bonchev–Trinajstić information content (AvgIpc) is 2.99. The number of hydrogen-bond acceptors (Lipinski definition) is 4. The fraction of sp³-hybridized carbons (Fsp3) is 0.550. The molecule has 0 aromatic heterocycles. The molecule has 1 amide bonds. The zero-order chi connectivity index (χ0) is 17.6. The Morgan fingerprint density at radius 1 is 1.12 bits per heavy atom. The highest BCUT2D eigenvalue weighted by atomic mass is 16.5. The lowest BCUT2D eigenvalue weighted by atomic mass is 9.64. The lowest BCUT2D eigenvalue weighted by Gasteiger charge is -2.45. The van der Waals surface area contributed by atoms with Gasteiger partial charge in [-0.2, -0.15) is 0 Å². The highest BCUT2D eigenvalue weighted by Gasteiger charge is 2.52. The summed E-state index contributed by atoms with van der Waals surface area (Å²) in [6.45, 7) is 1.07. The molecule has 1 fully saturated rings. The number of likely N-dealkylation sites (N-methyl/N-ethyl adjacent to an activating group) is 1. The number of allylic oxidation sites excluding steroid dienone is 1. The van der Waals surface area contributed by atoms with Crippen molar-refractivity contribution in [3.63, 3.8) is 0 Å². The Hall–Kier alpha value is -2.01. The molecule has 1 N–H and O–H groups in total. The Labute approximate surface area is 149 Å². The number of nitrogens with zero attached hydrogens (tertiary/aromatic N) is 1. The molecule has 5 heteroatoms. The zero-order valence-electron chi connectivity index (χ0n) is 15.2. The van der Waals surface area contributed by atoms with Crippen LogP contribution in [-0.2, 0) is 10.2 Å². The third-order valence-corrected chi connectivity index (χ3v) is 6.28. The van der Waals surface area contributed by atoms with E-state index < -0.39 is 0 Å². The Kier molecular flexibility index (Phi) is 3.99. The summed E-state index contributed by atoms with van der Waals surface area (Å²) in [5, 5.41) is 3.13. The molecule has 0 unspecified atom stereocenters. The lowest BCUT2D eigenvalue weighted by Crippen LogP contribution is -2.48. The number of nitrogens with one attached hydrogen (secondary N) is 1. The molecular weight excluding hydrogens is 316 g/mol. The van der Waals surface area contributed by atoms with Crippen LogP contribution in [0.4, 0.5) is 0 Å². The van der Waals surface area contributed by atoms with Crippen molar-refractivity contribution >= 4 is 5.91 Å². The van der Waals surface area contributed by atoms with E-state index in [1.165, 1.54) is 16.8 Å². The summed E-state index contributed by atoms with van der Waals surface area (Å²) < 4.78 is 11.0. The van der Waals surface area contributed by atoms with E-state index in [4.69, 9.17) is 9.47 Å². The quantitative estimate of drug-likeness (QED) is 0.917. The summed E-state index contributed by atoms with van der Waals surface area (Å²) in [6, 6.07) is 6.72. The van der Waals surface area contributed by atoms with Gasteiger partial charge in [0.25, 0.3) is 0 Å². The molecule has 2 aliphatic heterocycles. The number of fused-ring (bicyclic) bond motifs is 2. The molecule has 134 valence electrons. The third kappa shape index (κ3) is 2.44. The maximum absolute atomic E-state index is 11.8. The number of amides is 1. The van der Waals surface area contributed by atoms with Crippen LogP contribution >= 0.6 is 0 Å². The molecule has 1 aromatic carbocycles. The first-order valence-electron chi connectivity index (χ1n) is 9.03. The molecule has 5 nitrogen and oxygen atoms in total. The van der Waals surface area contributed by atoms with Crippen LogP contribution in [0, 0.1) is 0 Å². The van der Waals surface area contributed by atoms with Crippen molar-refractivity contribution in [1.82, 2.24) is 10.2 Å². The second-order valence-electron chi connectivity index (χ2n) is 7.41. The van der Waals surface area contributed by atoms with Crippen LogP contribution in [0.5, 0.6) is 11.5 Å². The SMILES string of the molecule is COc1ccc([C@@]23CCC4=C(CCC(=O)N4)[C@@H]2N(C)CC3)cc1OC. The van der Waals surface area contributed by atoms with Crippen molar-refractivity contribution in [1.29, 1.82) is 0 Å². The maximum Gasteiger partial charge on any atom is 0.224 e. The molecule has 0 bridgehead atoms. The summed E-state index contributed by atoms with van der Waals surface area (Å²) in [7, 11) is 5.57. The molecule has 0 spiro atoms. The molecule has 1 aliphatic carbocycles. The van der Waals surface area contributed by atoms with Crippen molar-refractivity contribution in [3.05, 3.63) is 35.0 Å². The highest BCUT2D eigenvalue weighted by molar-refractivity contribution is 5.80. The summed E-state index contributed by atoms with van der Waals surface area (Å²) in [5.41, 5.74) is 4.02. The third-order valence-electron chi connectivity index (χ3n) is 6.28. The predicted molar refractivity (Wildman–Crippen MR) is 95.9 cm³/mol. The Morgan fingerprint density at radius 2 is 1.92 bits per heavy atom. The molecule has 0 saturated carbocycles. The normalized spacial score (nSPS) is 29.1. The zero-order valence-corrected chi connectivity index (χ0v) is 15.2. The number of hydrogen-bond donors (Lipinski definition) is 1. The van der Waals surface area contributed by atoms with Crippen molar-refractivity contribution in [2.24, 2.45) is 0 Å². The molecule has 25 heavy (non-hydrogen) atoms. The summed E-state index contributed by atoms with van der Waals surface area (Å²) >= 11 is 0. The molecule has 0 radical (unpaired) electrons. The second kappa shape index (κ2) is 6.06. The largest absolute Gasteiger partial charge is 0.493 e. The van der Waals surface area contributed by atoms with E-state index in [1.54, 1.807) is 14.2 Å². The van der Waals surface area contributed by atoms with Gasteiger partial charge >= 0.3 is 0 Å². The van der Waals surface area contributed by atoms with Gasteiger partial charge in [-0.15, -0.1) is 0 Å². The van der Waals surface area contributed by atoms with Crippen molar-refractivity contribution in [3.8, 4) is 11.5 Å². The number of rotatable bonds is 3. The first kappa shape index (κ1) is 16.5. The summed E-state index contributed by atoms with van der Waals surface area (Å²) in [6.07, 6.45) is 4.61. The predicted octanol–water partition coefficient (Wildman–Crippen LogP) is 2.60. The molecule has 2 heterocycles. The van der Waals surface area contributed by atoms with Crippen LogP contribution in [0.15, 0.2) is 29.5 Å². The van der Waals surface area contributed by atoms with Crippen molar-refractivity contribution < 1.29 is 14.3 Å². The van der Waals surface area contributed by atoms with E-state index in [1.807, 2.05) is 6.07 Å². The van der Waals surface area contributed by atoms with Gasteiger partial charge in [0.05, 0.1) is 14.2 Å². The van der Waals surface area contributed by atoms with Gasteiger partial charge in [0.1, 0.15) is 0 Å². The van der Waals surface area contributed by atoms with E-state index >= 15 is 0 Å². The van der Waals surface area contributed by atoms with Gasteiger partial charge in [-0.1, -0.05) is 6.07 Å². The lowest BCUT2D eigenvalue weighted by molar-refractivity contribution is -0.121.